The van der Waals surface area contributed by atoms with Crippen LogP contribution in [0.1, 0.15) is 36.5 Å². The number of aliphatic hydroxyl groups excluding tert-OH is 1. The Morgan fingerprint density at radius 3 is 2.93 bits per heavy atom. The van der Waals surface area contributed by atoms with Crippen molar-refractivity contribution in [2.45, 2.75) is 38.1 Å². The van der Waals surface area contributed by atoms with Gasteiger partial charge in [-0.2, -0.15) is 0 Å². The van der Waals surface area contributed by atoms with E-state index in [2.05, 4.69) is 6.58 Å². The summed E-state index contributed by atoms with van der Waals surface area (Å²) < 4.78 is 30.5. The average Bonchev–Trinajstić information content (AvgIpc) is 2.66. The summed E-state index contributed by atoms with van der Waals surface area (Å²) >= 11 is 6.02. The minimum Gasteiger partial charge on any atom is -0.502 e. The smallest absolute Gasteiger partial charge is 0.131 e. The molecular weight excluding hydrogens is 371 g/mol. The van der Waals surface area contributed by atoms with Crippen LogP contribution in [0.4, 0.5) is 4.39 Å². The van der Waals surface area contributed by atoms with Gasteiger partial charge in [0.2, 0.25) is 0 Å². The summed E-state index contributed by atoms with van der Waals surface area (Å²) in [5, 5.41) is 10.8. The lowest BCUT2D eigenvalue weighted by Crippen LogP contribution is -2.25. The molecule has 2 unspecified atom stereocenters. The summed E-state index contributed by atoms with van der Waals surface area (Å²) in [6.07, 6.45) is 1.10. The van der Waals surface area contributed by atoms with E-state index >= 15 is 0 Å². The molecule has 1 heterocycles. The molecule has 0 amide bonds. The fourth-order valence-electron chi connectivity index (χ4n) is 3.01. The molecule has 0 aliphatic carbocycles. The van der Waals surface area contributed by atoms with E-state index in [4.69, 9.17) is 25.8 Å². The quantitative estimate of drug-likeness (QED) is 0.659. The third kappa shape index (κ3) is 4.73. The second-order valence-electron chi connectivity index (χ2n) is 6.46. The van der Waals surface area contributed by atoms with Crippen LogP contribution in [0.25, 0.3) is 0 Å². The zero-order chi connectivity index (χ0) is 19.4. The van der Waals surface area contributed by atoms with Crippen molar-refractivity contribution in [2.24, 2.45) is 0 Å². The molecule has 0 bridgehead atoms. The zero-order valence-corrected chi connectivity index (χ0v) is 15.8. The van der Waals surface area contributed by atoms with E-state index in [1.807, 2.05) is 0 Å². The second kappa shape index (κ2) is 8.63. The lowest BCUT2D eigenvalue weighted by atomic mass is 9.96. The van der Waals surface area contributed by atoms with Crippen LogP contribution in [0.15, 0.2) is 48.7 Å². The molecule has 0 fully saturated rings. The number of allylic oxidation sites excluding steroid dienone is 1. The molecule has 0 radical (unpaired) electrons. The largest absolute Gasteiger partial charge is 0.502 e. The predicted octanol–water partition coefficient (Wildman–Crippen LogP) is 5.18. The van der Waals surface area contributed by atoms with Crippen molar-refractivity contribution in [2.75, 3.05) is 7.11 Å². The van der Waals surface area contributed by atoms with Gasteiger partial charge in [-0.05, 0) is 36.8 Å². The number of ether oxygens (including phenoxy) is 3. The minimum atomic E-state index is -0.657. The third-order valence-corrected chi connectivity index (χ3v) is 4.95. The van der Waals surface area contributed by atoms with Gasteiger partial charge in [0, 0.05) is 24.0 Å². The highest BCUT2D eigenvalue weighted by Crippen LogP contribution is 2.38. The monoisotopic (exact) mass is 392 g/mol. The second-order valence-corrected chi connectivity index (χ2v) is 6.87. The van der Waals surface area contributed by atoms with Gasteiger partial charge in [-0.1, -0.05) is 24.2 Å². The predicted molar refractivity (Wildman–Crippen MR) is 102 cm³/mol. The highest BCUT2D eigenvalue weighted by atomic mass is 35.5. The van der Waals surface area contributed by atoms with Crippen molar-refractivity contribution in [1.82, 2.24) is 0 Å². The standard InChI is InChI=1S/C21H22ClFO4/c1-13(25-2)6-7-15-11-20(24)16-10-14(8-9-21(16)27-15)26-12-17-18(22)4-3-5-19(17)23/h3-5,8-10,15,20,24H,1,6-7,11-12H2,2H3. The molecule has 27 heavy (non-hydrogen) atoms. The Morgan fingerprint density at radius 2 is 2.19 bits per heavy atom. The number of rotatable bonds is 7. The Bertz CT molecular complexity index is 804. The number of halogens is 2. The first-order valence-corrected chi connectivity index (χ1v) is 9.12. The molecule has 0 saturated carbocycles. The Morgan fingerprint density at radius 1 is 1.37 bits per heavy atom. The first-order chi connectivity index (χ1) is 13.0. The van der Waals surface area contributed by atoms with Crippen LogP contribution in [0.2, 0.25) is 5.02 Å². The summed E-state index contributed by atoms with van der Waals surface area (Å²) in [5.41, 5.74) is 0.959. The Labute approximate surface area is 163 Å². The normalized spacial score (nSPS) is 18.4. The molecule has 3 rings (SSSR count). The van der Waals surface area contributed by atoms with Crippen LogP contribution in [0, 0.1) is 5.82 Å². The summed E-state index contributed by atoms with van der Waals surface area (Å²) in [5.74, 6) is 1.42. The van der Waals surface area contributed by atoms with E-state index in [1.54, 1.807) is 37.4 Å². The topological polar surface area (TPSA) is 47.9 Å². The molecule has 1 aliphatic heterocycles. The first-order valence-electron chi connectivity index (χ1n) is 8.74. The zero-order valence-electron chi connectivity index (χ0n) is 15.1. The number of benzene rings is 2. The fourth-order valence-corrected chi connectivity index (χ4v) is 3.23. The molecule has 2 aromatic carbocycles. The van der Waals surface area contributed by atoms with Gasteiger partial charge in [-0.25, -0.2) is 4.39 Å². The van der Waals surface area contributed by atoms with Crippen molar-refractivity contribution in [1.29, 1.82) is 0 Å². The van der Waals surface area contributed by atoms with Crippen LogP contribution in [-0.4, -0.2) is 18.3 Å². The molecule has 1 N–H and O–H groups in total. The Hall–Kier alpha value is -2.24. The van der Waals surface area contributed by atoms with Crippen LogP contribution < -0.4 is 9.47 Å². The Kier molecular flexibility index (Phi) is 6.24. The third-order valence-electron chi connectivity index (χ3n) is 4.60. The Balaban J connectivity index is 1.67. The molecular formula is C21H22ClFO4. The van der Waals surface area contributed by atoms with Gasteiger partial charge in [0.05, 0.1) is 24.0 Å². The van der Waals surface area contributed by atoms with E-state index in [-0.39, 0.29) is 12.7 Å². The molecule has 0 saturated heterocycles. The van der Waals surface area contributed by atoms with Crippen LogP contribution in [0.3, 0.4) is 0 Å². The molecule has 0 spiro atoms. The SMILES string of the molecule is C=C(CCC1CC(O)c2cc(OCc3c(F)cccc3Cl)ccc2O1)OC. The van der Waals surface area contributed by atoms with Crippen molar-refractivity contribution in [3.05, 3.63) is 70.7 Å². The maximum absolute atomic E-state index is 13.8. The van der Waals surface area contributed by atoms with E-state index in [9.17, 15) is 9.50 Å². The fraction of sp³-hybridized carbons (Fsp3) is 0.333. The summed E-state index contributed by atoms with van der Waals surface area (Å²) in [6, 6.07) is 9.72. The van der Waals surface area contributed by atoms with E-state index in [0.29, 0.717) is 52.7 Å². The molecule has 4 nitrogen and oxygen atoms in total. The minimum absolute atomic E-state index is 0.00298. The van der Waals surface area contributed by atoms with Gasteiger partial charge in [0.15, 0.2) is 0 Å². The number of hydrogen-bond donors (Lipinski definition) is 1. The molecule has 2 aromatic rings. The van der Waals surface area contributed by atoms with Gasteiger partial charge in [0.1, 0.15) is 30.0 Å². The number of fused-ring (bicyclic) bond motifs is 1. The van der Waals surface area contributed by atoms with Crippen LogP contribution in [-0.2, 0) is 11.3 Å². The van der Waals surface area contributed by atoms with Gasteiger partial charge in [-0.15, -0.1) is 0 Å². The highest BCUT2D eigenvalue weighted by Gasteiger charge is 2.27. The van der Waals surface area contributed by atoms with E-state index in [0.717, 1.165) is 0 Å². The molecule has 6 heteroatoms. The van der Waals surface area contributed by atoms with Gasteiger partial charge >= 0.3 is 0 Å². The van der Waals surface area contributed by atoms with E-state index < -0.39 is 11.9 Å². The maximum Gasteiger partial charge on any atom is 0.131 e. The summed E-state index contributed by atoms with van der Waals surface area (Å²) in [6.45, 7) is 3.80. The van der Waals surface area contributed by atoms with Crippen molar-refractivity contribution in [3.8, 4) is 11.5 Å². The van der Waals surface area contributed by atoms with Gasteiger partial charge in [0.25, 0.3) is 0 Å². The number of methoxy groups -OCH3 is 1. The molecule has 2 atom stereocenters. The lowest BCUT2D eigenvalue weighted by molar-refractivity contribution is 0.0596. The highest BCUT2D eigenvalue weighted by molar-refractivity contribution is 6.31. The lowest BCUT2D eigenvalue weighted by Gasteiger charge is -2.30. The van der Waals surface area contributed by atoms with Crippen LogP contribution in [0.5, 0.6) is 11.5 Å². The summed E-state index contributed by atoms with van der Waals surface area (Å²) in [7, 11) is 1.59. The molecule has 144 valence electrons. The molecule has 1 aliphatic rings. The number of hydrogen-bond acceptors (Lipinski definition) is 4. The molecule has 0 aromatic heterocycles. The van der Waals surface area contributed by atoms with Gasteiger partial charge < -0.3 is 19.3 Å². The van der Waals surface area contributed by atoms with Gasteiger partial charge in [-0.3, -0.25) is 0 Å². The van der Waals surface area contributed by atoms with Crippen molar-refractivity contribution >= 4 is 11.6 Å². The van der Waals surface area contributed by atoms with Crippen molar-refractivity contribution < 1.29 is 23.7 Å². The van der Waals surface area contributed by atoms with Crippen LogP contribution >= 0.6 is 11.6 Å². The summed E-state index contributed by atoms with van der Waals surface area (Å²) in [4.78, 5) is 0. The van der Waals surface area contributed by atoms with E-state index in [1.165, 1.54) is 6.07 Å². The number of aliphatic hydroxyl groups is 1. The average molecular weight is 393 g/mol. The maximum atomic E-state index is 13.8. The van der Waals surface area contributed by atoms with Crippen molar-refractivity contribution in [3.63, 3.8) is 0 Å². The first kappa shape index (κ1) is 19.5.